The summed E-state index contributed by atoms with van der Waals surface area (Å²) in [5.74, 6) is 0.135. The fraction of sp³-hybridized carbons (Fsp3) is 0.222. The van der Waals surface area contributed by atoms with Gasteiger partial charge in [-0.05, 0) is 72.5 Å². The van der Waals surface area contributed by atoms with Crippen LogP contribution in [-0.2, 0) is 16.6 Å². The van der Waals surface area contributed by atoms with Crippen molar-refractivity contribution in [2.75, 3.05) is 4.31 Å². The van der Waals surface area contributed by atoms with Gasteiger partial charge >= 0.3 is 6.36 Å². The van der Waals surface area contributed by atoms with Crippen LogP contribution in [-0.4, -0.2) is 19.8 Å². The van der Waals surface area contributed by atoms with Crippen LogP contribution in [0.2, 0.25) is 0 Å². The molecule has 1 fully saturated rings. The fourth-order valence-electron chi connectivity index (χ4n) is 4.41. The Bertz CT molecular complexity index is 1570. The summed E-state index contributed by atoms with van der Waals surface area (Å²) in [7, 11) is -4.10. The molecule has 3 aromatic carbocycles. The molecule has 1 heterocycles. The monoisotopic (exact) mass is 590 g/mol. The highest BCUT2D eigenvalue weighted by Crippen LogP contribution is 2.48. The predicted molar refractivity (Wildman–Crippen MR) is 139 cm³/mol. The molecule has 0 unspecified atom stereocenters. The summed E-state index contributed by atoms with van der Waals surface area (Å²) in [5, 5.41) is 1.86. The lowest BCUT2D eigenvalue weighted by Crippen LogP contribution is -2.32. The van der Waals surface area contributed by atoms with Crippen LogP contribution in [0.4, 0.5) is 19.0 Å². The lowest BCUT2D eigenvalue weighted by atomic mass is 10.0. The van der Waals surface area contributed by atoms with Gasteiger partial charge in [-0.15, -0.1) is 13.2 Å². The largest absolute Gasteiger partial charge is 0.573 e. The van der Waals surface area contributed by atoms with E-state index in [0.29, 0.717) is 16.9 Å². The number of nitrogens with zero attached hydrogens (tertiary/aromatic N) is 2. The average Bonchev–Trinajstić information content (AvgIpc) is 3.67. The van der Waals surface area contributed by atoms with Crippen molar-refractivity contribution in [1.29, 1.82) is 0 Å². The van der Waals surface area contributed by atoms with E-state index in [1.807, 2.05) is 24.3 Å². The molecule has 1 aliphatic rings. The van der Waals surface area contributed by atoms with Gasteiger partial charge in [0.25, 0.3) is 10.0 Å². The summed E-state index contributed by atoms with van der Waals surface area (Å²) >= 11 is 3.38. The van der Waals surface area contributed by atoms with E-state index >= 15 is 0 Å². The van der Waals surface area contributed by atoms with E-state index in [9.17, 15) is 21.6 Å². The van der Waals surface area contributed by atoms with E-state index in [1.165, 1.54) is 28.6 Å². The molecular weight excluding hydrogens is 569 g/mol. The smallest absolute Gasteiger partial charge is 0.406 e. The van der Waals surface area contributed by atoms with Crippen molar-refractivity contribution in [3.05, 3.63) is 94.1 Å². The van der Waals surface area contributed by atoms with E-state index < -0.39 is 16.4 Å². The zero-order valence-corrected chi connectivity index (χ0v) is 22.1. The number of fused-ring (bicyclic) bond motifs is 1. The Labute approximate surface area is 221 Å². The molecule has 5 nitrogen and oxygen atoms in total. The minimum atomic E-state index is -4.82. The maximum absolute atomic E-state index is 14.2. The van der Waals surface area contributed by atoms with Crippen molar-refractivity contribution in [3.8, 4) is 5.75 Å². The van der Waals surface area contributed by atoms with Gasteiger partial charge < -0.3 is 4.74 Å². The van der Waals surface area contributed by atoms with Crippen LogP contribution in [0.15, 0.2) is 82.3 Å². The lowest BCUT2D eigenvalue weighted by molar-refractivity contribution is -0.274. The number of anilines is 1. The van der Waals surface area contributed by atoms with Gasteiger partial charge in [0.1, 0.15) is 11.6 Å². The van der Waals surface area contributed by atoms with Crippen molar-refractivity contribution in [3.63, 3.8) is 0 Å². The van der Waals surface area contributed by atoms with Gasteiger partial charge in [-0.2, -0.15) is 0 Å². The van der Waals surface area contributed by atoms with E-state index in [4.69, 9.17) is 0 Å². The third-order valence-corrected chi connectivity index (χ3v) is 8.62. The number of alkyl halides is 3. The normalized spacial score (nSPS) is 14.1. The Balaban J connectivity index is 1.64. The van der Waals surface area contributed by atoms with Crippen LogP contribution >= 0.6 is 15.9 Å². The van der Waals surface area contributed by atoms with Crippen LogP contribution in [0.5, 0.6) is 5.75 Å². The summed E-state index contributed by atoms with van der Waals surface area (Å²) in [6.07, 6.45) is -1.30. The molecule has 0 atom stereocenters. The number of sulfonamides is 1. The van der Waals surface area contributed by atoms with Gasteiger partial charge in [-0.3, -0.25) is 0 Å². The van der Waals surface area contributed by atoms with Gasteiger partial charge in [-0.25, -0.2) is 17.7 Å². The van der Waals surface area contributed by atoms with Crippen molar-refractivity contribution in [2.45, 2.75) is 43.5 Å². The third-order valence-electron chi connectivity index (χ3n) is 6.23. The number of benzene rings is 3. The second-order valence-corrected chi connectivity index (χ2v) is 11.7. The Morgan fingerprint density at radius 3 is 2.41 bits per heavy atom. The van der Waals surface area contributed by atoms with Crippen LogP contribution in [0, 0.1) is 6.92 Å². The van der Waals surface area contributed by atoms with Crippen molar-refractivity contribution in [2.24, 2.45) is 0 Å². The second-order valence-electron chi connectivity index (χ2n) is 8.97. The number of rotatable bonds is 7. The van der Waals surface area contributed by atoms with Crippen LogP contribution in [0.1, 0.15) is 35.4 Å². The van der Waals surface area contributed by atoms with Crippen LogP contribution < -0.4 is 9.04 Å². The SMILES string of the molecule is Cc1cc(Br)ccc1S(=O)(=O)N(Cc1ccc(OC(F)(F)F)cc1)c1ncc2ccccc2c1C1CC1. The summed E-state index contributed by atoms with van der Waals surface area (Å²) in [5.41, 5.74) is 1.92. The predicted octanol–water partition coefficient (Wildman–Crippen LogP) is 7.48. The molecule has 4 aromatic rings. The van der Waals surface area contributed by atoms with Gasteiger partial charge in [0, 0.05) is 21.6 Å². The summed E-state index contributed by atoms with van der Waals surface area (Å²) in [6.45, 7) is 1.60. The zero-order valence-electron chi connectivity index (χ0n) is 19.7. The molecule has 1 aromatic heterocycles. The molecule has 0 spiro atoms. The molecule has 5 rings (SSSR count). The molecule has 1 saturated carbocycles. The second kappa shape index (κ2) is 9.64. The molecule has 10 heteroatoms. The van der Waals surface area contributed by atoms with Crippen molar-refractivity contribution < 1.29 is 26.3 Å². The maximum Gasteiger partial charge on any atom is 0.573 e. The fourth-order valence-corrected chi connectivity index (χ4v) is 6.52. The third kappa shape index (κ3) is 5.45. The Hall–Kier alpha value is -3.11. The highest BCUT2D eigenvalue weighted by molar-refractivity contribution is 9.10. The first kappa shape index (κ1) is 25.5. The molecule has 0 bridgehead atoms. The van der Waals surface area contributed by atoms with Crippen LogP contribution in [0.3, 0.4) is 0 Å². The number of aryl methyl sites for hydroxylation is 1. The van der Waals surface area contributed by atoms with Crippen molar-refractivity contribution >= 4 is 42.5 Å². The van der Waals surface area contributed by atoms with E-state index in [0.717, 1.165) is 33.7 Å². The van der Waals surface area contributed by atoms with E-state index in [-0.39, 0.29) is 23.1 Å². The number of aromatic nitrogens is 1. The number of ether oxygens (including phenoxy) is 1. The van der Waals surface area contributed by atoms with Gasteiger partial charge in [0.2, 0.25) is 0 Å². The summed E-state index contributed by atoms with van der Waals surface area (Å²) in [4.78, 5) is 4.76. The first-order valence-corrected chi connectivity index (χ1v) is 13.8. The number of hydrogen-bond acceptors (Lipinski definition) is 4. The minimum absolute atomic E-state index is 0.116. The minimum Gasteiger partial charge on any atom is -0.406 e. The van der Waals surface area contributed by atoms with Gasteiger partial charge in [-0.1, -0.05) is 52.3 Å². The van der Waals surface area contributed by atoms with Gasteiger partial charge in [0.15, 0.2) is 0 Å². The number of halogens is 4. The molecule has 37 heavy (non-hydrogen) atoms. The highest BCUT2D eigenvalue weighted by Gasteiger charge is 2.36. The highest BCUT2D eigenvalue weighted by atomic mass is 79.9. The zero-order chi connectivity index (χ0) is 26.4. The maximum atomic E-state index is 14.2. The molecule has 0 radical (unpaired) electrons. The number of hydrogen-bond donors (Lipinski definition) is 0. The Morgan fingerprint density at radius 1 is 1.05 bits per heavy atom. The Kier molecular flexibility index (Phi) is 6.66. The molecule has 0 aliphatic heterocycles. The quantitative estimate of drug-likeness (QED) is 0.224. The van der Waals surface area contributed by atoms with E-state index in [1.54, 1.807) is 31.3 Å². The summed E-state index contributed by atoms with van der Waals surface area (Å²) in [6, 6.07) is 17.9. The molecular formula is C27H22BrF3N2O3S. The molecule has 192 valence electrons. The first-order chi connectivity index (χ1) is 17.5. The van der Waals surface area contributed by atoms with Crippen molar-refractivity contribution in [1.82, 2.24) is 4.98 Å². The molecule has 0 amide bonds. The first-order valence-electron chi connectivity index (χ1n) is 11.5. The lowest BCUT2D eigenvalue weighted by Gasteiger charge is -2.27. The average molecular weight is 591 g/mol. The Morgan fingerprint density at radius 2 is 1.76 bits per heavy atom. The van der Waals surface area contributed by atoms with Gasteiger partial charge in [0.05, 0.1) is 11.4 Å². The van der Waals surface area contributed by atoms with E-state index in [2.05, 4.69) is 25.7 Å². The molecule has 1 aliphatic carbocycles. The summed E-state index contributed by atoms with van der Waals surface area (Å²) < 4.78 is 72.1. The number of pyridine rings is 1. The van der Waals surface area contributed by atoms with Crippen LogP contribution in [0.25, 0.3) is 10.8 Å². The molecule has 0 N–H and O–H groups in total. The topological polar surface area (TPSA) is 59.5 Å². The molecule has 0 saturated heterocycles. The standard InChI is InChI=1S/C27H22BrF3N2O3S/c1-17-14-21(28)10-13-24(17)37(34,35)33(16-18-6-11-22(12-7-18)36-27(29,30)31)26-25(19-8-9-19)23-5-3-2-4-20(23)15-32-26/h2-7,10-15,19H,8-9,16H2,1H3.